The first-order chi connectivity index (χ1) is 9.20. The number of aromatic nitrogens is 4. The number of nitrogens with one attached hydrogen (secondary N) is 1. The smallest absolute Gasteiger partial charge is 0.264 e. The molecule has 2 heterocycles. The Bertz CT molecular complexity index is 640. The maximum atomic E-state index is 12.4. The summed E-state index contributed by atoms with van der Waals surface area (Å²) in [4.78, 5) is 16.7. The highest BCUT2D eigenvalue weighted by atomic mass is 16.1. The third kappa shape index (κ3) is 2.28. The Kier molecular flexibility index (Phi) is 3.10. The molecule has 6 heteroatoms. The van der Waals surface area contributed by atoms with Gasteiger partial charge in [0, 0.05) is 19.6 Å². The average molecular weight is 261 g/mol. The molecule has 1 atom stereocenters. The normalized spacial score (nSPS) is 16.9. The summed E-state index contributed by atoms with van der Waals surface area (Å²) in [5.41, 5.74) is 0.648. The second-order valence-corrected chi connectivity index (χ2v) is 5.21. The van der Waals surface area contributed by atoms with Crippen LogP contribution in [0.3, 0.4) is 0 Å². The molecule has 1 aliphatic carbocycles. The average Bonchev–Trinajstić information content (AvgIpc) is 3.17. The number of aryl methyl sites for hydroxylation is 1. The van der Waals surface area contributed by atoms with Gasteiger partial charge in [-0.2, -0.15) is 5.10 Å². The largest absolute Gasteiger partial charge is 0.312 e. The van der Waals surface area contributed by atoms with Gasteiger partial charge in [-0.3, -0.25) is 14.0 Å². The van der Waals surface area contributed by atoms with E-state index in [0.29, 0.717) is 29.5 Å². The number of rotatable bonds is 5. The van der Waals surface area contributed by atoms with E-state index in [1.807, 2.05) is 0 Å². The van der Waals surface area contributed by atoms with E-state index >= 15 is 0 Å². The van der Waals surface area contributed by atoms with Crippen LogP contribution in [0.1, 0.15) is 19.8 Å². The van der Waals surface area contributed by atoms with Gasteiger partial charge in [0.25, 0.3) is 5.56 Å². The molecule has 0 bridgehead atoms. The number of hydrogen-bond donors (Lipinski definition) is 1. The predicted molar refractivity (Wildman–Crippen MR) is 73.0 cm³/mol. The van der Waals surface area contributed by atoms with Gasteiger partial charge in [0.05, 0.1) is 6.20 Å². The molecule has 0 saturated heterocycles. The molecule has 2 aromatic heterocycles. The van der Waals surface area contributed by atoms with Crippen molar-refractivity contribution in [3.05, 3.63) is 22.9 Å². The maximum Gasteiger partial charge on any atom is 0.264 e. The summed E-state index contributed by atoms with van der Waals surface area (Å²) in [6.07, 6.45) is 5.75. The summed E-state index contributed by atoms with van der Waals surface area (Å²) in [7, 11) is 1.80. The minimum atomic E-state index is 0.00153. The highest BCUT2D eigenvalue weighted by Crippen LogP contribution is 2.33. The molecule has 3 rings (SSSR count). The number of hydrogen-bond acceptors (Lipinski definition) is 4. The van der Waals surface area contributed by atoms with E-state index in [9.17, 15) is 4.79 Å². The molecule has 1 N–H and O–H groups in total. The minimum Gasteiger partial charge on any atom is -0.312 e. The SMILES string of the molecule is CCNC(Cn1cnc2c(cnn2C)c1=O)C1CC1. The molecule has 6 nitrogen and oxygen atoms in total. The van der Waals surface area contributed by atoms with Crippen LogP contribution in [0.4, 0.5) is 0 Å². The number of fused-ring (bicyclic) bond motifs is 1. The van der Waals surface area contributed by atoms with Crippen LogP contribution in [0.15, 0.2) is 17.3 Å². The van der Waals surface area contributed by atoms with Gasteiger partial charge in [0.2, 0.25) is 0 Å². The van der Waals surface area contributed by atoms with Crippen LogP contribution in [0.25, 0.3) is 11.0 Å². The standard InChI is InChI=1S/C13H19N5O/c1-3-14-11(9-4-5-9)7-18-8-15-12-10(13(18)19)6-16-17(12)2/h6,8-9,11,14H,3-5,7H2,1-2H3. The summed E-state index contributed by atoms with van der Waals surface area (Å²) >= 11 is 0. The zero-order valence-electron chi connectivity index (χ0n) is 11.3. The van der Waals surface area contributed by atoms with Gasteiger partial charge in [0.1, 0.15) is 11.7 Å². The first-order valence-electron chi connectivity index (χ1n) is 6.81. The van der Waals surface area contributed by atoms with Crippen molar-refractivity contribution < 1.29 is 0 Å². The van der Waals surface area contributed by atoms with Gasteiger partial charge in [-0.1, -0.05) is 6.92 Å². The zero-order valence-corrected chi connectivity index (χ0v) is 11.3. The minimum absolute atomic E-state index is 0.00153. The Balaban J connectivity index is 1.92. The topological polar surface area (TPSA) is 64.7 Å². The lowest BCUT2D eigenvalue weighted by molar-refractivity contribution is 0.409. The number of nitrogens with zero attached hydrogens (tertiary/aromatic N) is 4. The third-order valence-electron chi connectivity index (χ3n) is 3.77. The van der Waals surface area contributed by atoms with Crippen LogP contribution in [-0.4, -0.2) is 31.9 Å². The molecule has 0 aliphatic heterocycles. The Morgan fingerprint density at radius 1 is 1.53 bits per heavy atom. The van der Waals surface area contributed by atoms with E-state index in [2.05, 4.69) is 22.3 Å². The first-order valence-corrected chi connectivity index (χ1v) is 6.81. The van der Waals surface area contributed by atoms with Gasteiger partial charge < -0.3 is 5.32 Å². The fraction of sp³-hybridized carbons (Fsp3) is 0.615. The van der Waals surface area contributed by atoms with E-state index in [0.717, 1.165) is 6.54 Å². The lowest BCUT2D eigenvalue weighted by atomic mass is 10.2. The summed E-state index contributed by atoms with van der Waals surface area (Å²) in [5, 5.41) is 8.14. The molecule has 1 fully saturated rings. The molecule has 1 unspecified atom stereocenters. The molecule has 1 saturated carbocycles. The van der Waals surface area contributed by atoms with Crippen LogP contribution < -0.4 is 10.9 Å². The van der Waals surface area contributed by atoms with Crippen molar-refractivity contribution in [2.45, 2.75) is 32.4 Å². The molecule has 1 aliphatic rings. The summed E-state index contributed by atoms with van der Waals surface area (Å²) in [6, 6.07) is 0.374. The van der Waals surface area contributed by atoms with Crippen molar-refractivity contribution in [1.82, 2.24) is 24.6 Å². The molecule has 19 heavy (non-hydrogen) atoms. The van der Waals surface area contributed by atoms with Crippen molar-refractivity contribution >= 4 is 11.0 Å². The van der Waals surface area contributed by atoms with E-state index in [-0.39, 0.29) is 5.56 Å². The summed E-state index contributed by atoms with van der Waals surface area (Å²) < 4.78 is 3.33. The number of likely N-dealkylation sites (N-methyl/N-ethyl adjacent to an activating group) is 1. The third-order valence-corrected chi connectivity index (χ3v) is 3.77. The highest BCUT2D eigenvalue weighted by Gasteiger charge is 2.31. The summed E-state index contributed by atoms with van der Waals surface area (Å²) in [6.45, 7) is 3.72. The predicted octanol–water partition coefficient (Wildman–Crippen LogP) is 0.518. The monoisotopic (exact) mass is 261 g/mol. The second kappa shape index (κ2) is 4.77. The Hall–Kier alpha value is -1.69. The lowest BCUT2D eigenvalue weighted by Crippen LogP contribution is -2.38. The van der Waals surface area contributed by atoms with Crippen molar-refractivity contribution in [1.29, 1.82) is 0 Å². The van der Waals surface area contributed by atoms with Crippen LogP contribution >= 0.6 is 0 Å². The van der Waals surface area contributed by atoms with E-state index in [4.69, 9.17) is 0 Å². The van der Waals surface area contributed by atoms with Crippen LogP contribution in [0, 0.1) is 5.92 Å². The first kappa shape index (κ1) is 12.3. The highest BCUT2D eigenvalue weighted by molar-refractivity contribution is 5.72. The van der Waals surface area contributed by atoms with Crippen molar-refractivity contribution in [3.63, 3.8) is 0 Å². The molecule has 0 radical (unpaired) electrons. The van der Waals surface area contributed by atoms with Crippen LogP contribution in [0.5, 0.6) is 0 Å². The lowest BCUT2D eigenvalue weighted by Gasteiger charge is -2.18. The molecule has 0 spiro atoms. The molecule has 2 aromatic rings. The van der Waals surface area contributed by atoms with Crippen LogP contribution in [0.2, 0.25) is 0 Å². The summed E-state index contributed by atoms with van der Waals surface area (Å²) in [5.74, 6) is 0.705. The van der Waals surface area contributed by atoms with E-state index in [1.54, 1.807) is 28.8 Å². The Morgan fingerprint density at radius 2 is 2.32 bits per heavy atom. The maximum absolute atomic E-state index is 12.4. The van der Waals surface area contributed by atoms with Gasteiger partial charge >= 0.3 is 0 Å². The van der Waals surface area contributed by atoms with Gasteiger partial charge in [-0.15, -0.1) is 0 Å². The Morgan fingerprint density at radius 3 is 3.00 bits per heavy atom. The van der Waals surface area contributed by atoms with Gasteiger partial charge in [0.15, 0.2) is 5.65 Å². The molecule has 0 aromatic carbocycles. The quantitative estimate of drug-likeness (QED) is 0.852. The van der Waals surface area contributed by atoms with Gasteiger partial charge in [-0.25, -0.2) is 4.98 Å². The molecular weight excluding hydrogens is 242 g/mol. The Labute approximate surface area is 111 Å². The van der Waals surface area contributed by atoms with Gasteiger partial charge in [-0.05, 0) is 25.3 Å². The molecule has 0 amide bonds. The zero-order chi connectivity index (χ0) is 13.4. The molecular formula is C13H19N5O. The van der Waals surface area contributed by atoms with Crippen molar-refractivity contribution in [2.75, 3.05) is 6.54 Å². The second-order valence-electron chi connectivity index (χ2n) is 5.21. The van der Waals surface area contributed by atoms with E-state index < -0.39 is 0 Å². The van der Waals surface area contributed by atoms with E-state index in [1.165, 1.54) is 12.8 Å². The van der Waals surface area contributed by atoms with Crippen molar-refractivity contribution in [2.24, 2.45) is 13.0 Å². The fourth-order valence-corrected chi connectivity index (χ4v) is 2.55. The van der Waals surface area contributed by atoms with Crippen molar-refractivity contribution in [3.8, 4) is 0 Å². The fourth-order valence-electron chi connectivity index (χ4n) is 2.55. The molecule has 102 valence electrons. The van der Waals surface area contributed by atoms with Crippen LogP contribution in [-0.2, 0) is 13.6 Å².